The van der Waals surface area contributed by atoms with E-state index in [1.54, 1.807) is 23.9 Å². The molecule has 1 rings (SSSR count). The summed E-state index contributed by atoms with van der Waals surface area (Å²) in [5.41, 5.74) is 0.634. The van der Waals surface area contributed by atoms with Crippen LogP contribution in [0.5, 0.6) is 0 Å². The second-order valence-corrected chi connectivity index (χ2v) is 3.22. The molecule has 0 aliphatic rings. The standard InChI is InChI=1S/C9H9NO2S/c1-13-8-4-2-7(3-5-8)10-9(12)6-11/h2-6H,1H3,(H,10,12). The summed E-state index contributed by atoms with van der Waals surface area (Å²) in [5.74, 6) is -0.628. The summed E-state index contributed by atoms with van der Waals surface area (Å²) in [7, 11) is 0. The monoisotopic (exact) mass is 195 g/mol. The Balaban J connectivity index is 2.69. The van der Waals surface area contributed by atoms with E-state index in [1.807, 2.05) is 18.4 Å². The van der Waals surface area contributed by atoms with Crippen LogP contribution in [0.1, 0.15) is 0 Å². The van der Waals surface area contributed by atoms with E-state index in [0.717, 1.165) is 4.90 Å². The topological polar surface area (TPSA) is 46.2 Å². The molecule has 0 aliphatic heterocycles. The largest absolute Gasteiger partial charge is 0.320 e. The Bertz CT molecular complexity index is 308. The molecule has 0 radical (unpaired) electrons. The van der Waals surface area contributed by atoms with Gasteiger partial charge < -0.3 is 5.32 Å². The Labute approximate surface area is 80.5 Å². The van der Waals surface area contributed by atoms with Crippen molar-refractivity contribution in [1.82, 2.24) is 0 Å². The molecule has 68 valence electrons. The van der Waals surface area contributed by atoms with Gasteiger partial charge in [0.25, 0.3) is 5.91 Å². The van der Waals surface area contributed by atoms with Crippen molar-refractivity contribution in [2.45, 2.75) is 4.90 Å². The number of anilines is 1. The van der Waals surface area contributed by atoms with Gasteiger partial charge in [0.1, 0.15) is 0 Å². The lowest BCUT2D eigenvalue weighted by molar-refractivity contribution is -0.127. The fraction of sp³-hybridized carbons (Fsp3) is 0.111. The maximum atomic E-state index is 10.7. The van der Waals surface area contributed by atoms with Gasteiger partial charge in [-0.2, -0.15) is 0 Å². The zero-order chi connectivity index (χ0) is 9.68. The third-order valence-corrected chi connectivity index (χ3v) is 2.21. The lowest BCUT2D eigenvalue weighted by atomic mass is 10.3. The first-order valence-electron chi connectivity index (χ1n) is 3.66. The highest BCUT2D eigenvalue weighted by atomic mass is 32.2. The smallest absolute Gasteiger partial charge is 0.288 e. The summed E-state index contributed by atoms with van der Waals surface area (Å²) >= 11 is 1.62. The molecule has 0 unspecified atom stereocenters. The number of aldehydes is 1. The van der Waals surface area contributed by atoms with Gasteiger partial charge in [0.15, 0.2) is 0 Å². The van der Waals surface area contributed by atoms with E-state index in [1.165, 1.54) is 0 Å². The molecule has 0 atom stereocenters. The molecule has 1 N–H and O–H groups in total. The molecule has 1 aromatic carbocycles. The van der Waals surface area contributed by atoms with Crippen LogP contribution < -0.4 is 5.32 Å². The number of benzene rings is 1. The summed E-state index contributed by atoms with van der Waals surface area (Å²) in [5, 5.41) is 2.43. The highest BCUT2D eigenvalue weighted by molar-refractivity contribution is 7.98. The lowest BCUT2D eigenvalue weighted by Gasteiger charge is -2.01. The number of thioether (sulfide) groups is 1. The highest BCUT2D eigenvalue weighted by Crippen LogP contribution is 2.17. The minimum atomic E-state index is -0.628. The van der Waals surface area contributed by atoms with Gasteiger partial charge in [0.2, 0.25) is 6.29 Å². The van der Waals surface area contributed by atoms with Crippen molar-refractivity contribution in [3.63, 3.8) is 0 Å². The normalized spacial score (nSPS) is 9.31. The molecule has 0 aromatic heterocycles. The predicted octanol–water partition coefficient (Wildman–Crippen LogP) is 1.55. The van der Waals surface area contributed by atoms with Crippen LogP contribution in [0.3, 0.4) is 0 Å². The first-order valence-corrected chi connectivity index (χ1v) is 4.89. The molecule has 0 bridgehead atoms. The molecular weight excluding hydrogens is 186 g/mol. The third kappa shape index (κ3) is 2.91. The van der Waals surface area contributed by atoms with E-state index in [4.69, 9.17) is 0 Å². The number of hydrogen-bond acceptors (Lipinski definition) is 3. The Hall–Kier alpha value is -1.29. The van der Waals surface area contributed by atoms with Crippen LogP contribution in [-0.4, -0.2) is 18.4 Å². The van der Waals surface area contributed by atoms with Crippen molar-refractivity contribution in [2.24, 2.45) is 0 Å². The summed E-state index contributed by atoms with van der Waals surface area (Å²) < 4.78 is 0. The quantitative estimate of drug-likeness (QED) is 0.452. The molecule has 0 saturated heterocycles. The van der Waals surface area contributed by atoms with Crippen molar-refractivity contribution in [3.05, 3.63) is 24.3 Å². The molecule has 0 heterocycles. The van der Waals surface area contributed by atoms with Gasteiger partial charge in [-0.25, -0.2) is 0 Å². The summed E-state index contributed by atoms with van der Waals surface area (Å²) in [6.45, 7) is 0. The molecular formula is C9H9NO2S. The van der Waals surface area contributed by atoms with Crippen molar-refractivity contribution < 1.29 is 9.59 Å². The summed E-state index contributed by atoms with van der Waals surface area (Å²) in [6.07, 6.45) is 2.22. The van der Waals surface area contributed by atoms with E-state index in [0.29, 0.717) is 5.69 Å². The van der Waals surface area contributed by atoms with Crippen molar-refractivity contribution in [2.75, 3.05) is 11.6 Å². The third-order valence-electron chi connectivity index (χ3n) is 1.46. The second kappa shape index (κ2) is 4.67. The molecule has 0 fully saturated rings. The Morgan fingerprint density at radius 1 is 1.38 bits per heavy atom. The number of amides is 1. The van der Waals surface area contributed by atoms with Crippen LogP contribution in [0.2, 0.25) is 0 Å². The van der Waals surface area contributed by atoms with E-state index < -0.39 is 5.91 Å². The summed E-state index contributed by atoms with van der Waals surface area (Å²) in [4.78, 5) is 21.8. The molecule has 3 nitrogen and oxygen atoms in total. The van der Waals surface area contributed by atoms with Gasteiger partial charge in [0, 0.05) is 10.6 Å². The summed E-state index contributed by atoms with van der Waals surface area (Å²) in [6, 6.07) is 7.27. The van der Waals surface area contributed by atoms with E-state index in [9.17, 15) is 9.59 Å². The minimum absolute atomic E-state index is 0.252. The average molecular weight is 195 g/mol. The zero-order valence-electron chi connectivity index (χ0n) is 7.11. The fourth-order valence-corrected chi connectivity index (χ4v) is 1.25. The molecule has 0 aliphatic carbocycles. The van der Waals surface area contributed by atoms with E-state index in [-0.39, 0.29) is 6.29 Å². The van der Waals surface area contributed by atoms with E-state index in [2.05, 4.69) is 5.32 Å². The Morgan fingerprint density at radius 2 is 2.00 bits per heavy atom. The van der Waals surface area contributed by atoms with Gasteiger partial charge in [-0.05, 0) is 30.5 Å². The van der Waals surface area contributed by atoms with Gasteiger partial charge in [0.05, 0.1) is 0 Å². The van der Waals surface area contributed by atoms with Crippen molar-refractivity contribution >= 4 is 29.6 Å². The fourth-order valence-electron chi connectivity index (χ4n) is 0.846. The van der Waals surface area contributed by atoms with Gasteiger partial charge in [-0.15, -0.1) is 11.8 Å². The van der Waals surface area contributed by atoms with Crippen LogP contribution in [0.4, 0.5) is 5.69 Å². The number of carbonyl (C=O) groups is 2. The predicted molar refractivity (Wildman–Crippen MR) is 52.9 cm³/mol. The molecule has 1 amide bonds. The number of carbonyl (C=O) groups excluding carboxylic acids is 2. The van der Waals surface area contributed by atoms with Crippen molar-refractivity contribution in [1.29, 1.82) is 0 Å². The van der Waals surface area contributed by atoms with Crippen LogP contribution in [0.25, 0.3) is 0 Å². The second-order valence-electron chi connectivity index (χ2n) is 2.34. The van der Waals surface area contributed by atoms with E-state index >= 15 is 0 Å². The Kier molecular flexibility index (Phi) is 3.52. The highest BCUT2D eigenvalue weighted by Gasteiger charge is 1.98. The SMILES string of the molecule is CSc1ccc(NC(=O)C=O)cc1. The number of hydrogen-bond donors (Lipinski definition) is 1. The minimum Gasteiger partial charge on any atom is -0.320 e. The lowest BCUT2D eigenvalue weighted by Crippen LogP contribution is -2.11. The molecule has 13 heavy (non-hydrogen) atoms. The number of rotatable bonds is 3. The van der Waals surface area contributed by atoms with Gasteiger partial charge in [-0.1, -0.05) is 0 Å². The van der Waals surface area contributed by atoms with Gasteiger partial charge in [-0.3, -0.25) is 9.59 Å². The van der Waals surface area contributed by atoms with Gasteiger partial charge >= 0.3 is 0 Å². The first-order chi connectivity index (χ1) is 6.26. The molecule has 1 aromatic rings. The maximum Gasteiger partial charge on any atom is 0.288 e. The molecule has 4 heteroatoms. The molecule has 0 saturated carbocycles. The number of nitrogens with one attached hydrogen (secondary N) is 1. The zero-order valence-corrected chi connectivity index (χ0v) is 7.93. The Morgan fingerprint density at radius 3 is 2.46 bits per heavy atom. The van der Waals surface area contributed by atoms with Crippen LogP contribution in [-0.2, 0) is 9.59 Å². The molecule has 0 spiro atoms. The van der Waals surface area contributed by atoms with Crippen LogP contribution >= 0.6 is 11.8 Å². The maximum absolute atomic E-state index is 10.7. The van der Waals surface area contributed by atoms with Crippen molar-refractivity contribution in [3.8, 4) is 0 Å². The van der Waals surface area contributed by atoms with Crippen LogP contribution in [0, 0.1) is 0 Å². The first kappa shape index (κ1) is 9.80. The average Bonchev–Trinajstić information content (AvgIpc) is 2.19. The van der Waals surface area contributed by atoms with Crippen LogP contribution in [0.15, 0.2) is 29.2 Å².